The molecule has 0 unspecified atom stereocenters. The molecule has 0 aromatic heterocycles. The van der Waals surface area contributed by atoms with Gasteiger partial charge >= 0.3 is 114 Å². The Morgan fingerprint density at radius 2 is 1.31 bits per heavy atom. The second-order valence-electron chi connectivity index (χ2n) is 7.66. The third-order valence-electron chi connectivity index (χ3n) is 5.88. The van der Waals surface area contributed by atoms with Crippen molar-refractivity contribution in [2.45, 2.75) is 38.5 Å². The number of carbonyl (C=O) groups excluding carboxylic acids is 2. The van der Waals surface area contributed by atoms with E-state index in [1.807, 2.05) is 12.1 Å². The Kier molecular flexibility index (Phi) is 14.9. The molecule has 2 aromatic carbocycles. The first-order chi connectivity index (χ1) is 16.7. The zero-order valence-corrected chi connectivity index (χ0v) is 34.7. The zero-order valence-electron chi connectivity index (χ0n) is 18.0. The van der Waals surface area contributed by atoms with Crippen molar-refractivity contribution in [2.75, 3.05) is 13.2 Å². The van der Waals surface area contributed by atoms with Gasteiger partial charge in [-0.1, -0.05) is 6.07 Å². The van der Waals surface area contributed by atoms with Crippen LogP contribution in [0.2, 0.25) is 0 Å². The van der Waals surface area contributed by atoms with Crippen LogP contribution in [0.15, 0.2) is 21.1 Å². The van der Waals surface area contributed by atoms with Crippen molar-refractivity contribution >= 4 is 143 Å². The van der Waals surface area contributed by atoms with Gasteiger partial charge in [-0.15, -0.1) is 0 Å². The molecule has 2 heterocycles. The van der Waals surface area contributed by atoms with Gasteiger partial charge in [0.15, 0.2) is 11.6 Å². The first kappa shape index (κ1) is 32.7. The molecule has 0 atom stereocenters. The van der Waals surface area contributed by atoms with Crippen LogP contribution >= 0.6 is 132 Å². The Morgan fingerprint density at radius 1 is 0.743 bits per heavy atom. The third kappa shape index (κ3) is 8.35. The number of hydrogen-bond donors (Lipinski definition) is 0. The van der Waals surface area contributed by atoms with E-state index in [0.717, 1.165) is 80.6 Å². The summed E-state index contributed by atoms with van der Waals surface area (Å²) < 4.78 is 12.9. The van der Waals surface area contributed by atoms with Gasteiger partial charge in [0, 0.05) is 52.4 Å². The number of ether oxygens (including phenoxy) is 2. The fourth-order valence-corrected chi connectivity index (χ4v) is 5.77. The van der Waals surface area contributed by atoms with Gasteiger partial charge in [-0.3, -0.25) is 9.59 Å². The van der Waals surface area contributed by atoms with Crippen LogP contribution in [0.1, 0.15) is 55.8 Å². The predicted octanol–water partition coefficient (Wildman–Crippen LogP) is 9.45. The molecule has 6 rings (SSSR count). The minimum atomic E-state index is -0.278. The number of hydrogen-bond acceptors (Lipinski definition) is 4. The predicted molar refractivity (Wildman–Crippen MR) is 182 cm³/mol. The number of rotatable bonds is 0. The van der Waals surface area contributed by atoms with E-state index < -0.39 is 0 Å². The Hall–Kier alpha value is 3.16. The molecule has 0 saturated heterocycles. The first-order valence-corrected chi connectivity index (χ1v) is 34.5. The van der Waals surface area contributed by atoms with E-state index in [2.05, 4.69) is 132 Å². The second-order valence-corrected chi connectivity index (χ2v) is 56.4. The molecule has 0 bridgehead atoms. The molecule has 0 fully saturated rings. The molecule has 2 aliphatic carbocycles. The van der Waals surface area contributed by atoms with Crippen LogP contribution in [0.3, 0.4) is 0 Å². The van der Waals surface area contributed by atoms with Crippen LogP contribution in [0.25, 0.3) is 0 Å². The molecular formula is C22H18Br2I5O4V2. The van der Waals surface area contributed by atoms with E-state index in [4.69, 9.17) is 9.47 Å². The maximum absolute atomic E-state index is 11.8. The van der Waals surface area contributed by atoms with E-state index in [1.165, 1.54) is 5.56 Å². The minimum absolute atomic E-state index is 0.264. The zero-order chi connectivity index (χ0) is 25.7. The van der Waals surface area contributed by atoms with Crippen molar-refractivity contribution in [1.82, 2.24) is 0 Å². The number of carbonyl (C=O) groups is 2. The van der Waals surface area contributed by atoms with Crippen LogP contribution in [-0.2, 0) is 40.1 Å². The molecule has 4 aliphatic rings. The monoisotopic (exact) mass is 1240 g/mol. The summed E-state index contributed by atoms with van der Waals surface area (Å²) in [5.41, 5.74) is 6.50. The van der Waals surface area contributed by atoms with Gasteiger partial charge in [-0.2, -0.15) is 0 Å². The van der Waals surface area contributed by atoms with Gasteiger partial charge in [0.1, 0.15) is 11.5 Å². The summed E-state index contributed by atoms with van der Waals surface area (Å²) in [6.45, 7) is 1.42. The molecule has 13 heteroatoms. The van der Waals surface area contributed by atoms with E-state index in [9.17, 15) is 9.59 Å². The van der Waals surface area contributed by atoms with Crippen molar-refractivity contribution in [3.8, 4) is 11.5 Å². The fourth-order valence-electron chi connectivity index (χ4n) is 4.60. The average molecular weight is 1240 g/mol. The van der Waals surface area contributed by atoms with Crippen molar-refractivity contribution in [1.29, 1.82) is 0 Å². The molecule has 189 valence electrons. The molecule has 0 N–H and O–H groups in total. The maximum atomic E-state index is 11.8. The number of halogens is 7. The Labute approximate surface area is 288 Å². The normalized spacial score (nSPS) is 15.8. The van der Waals surface area contributed by atoms with Gasteiger partial charge in [0.05, 0.1) is 17.7 Å². The molecule has 4 nitrogen and oxygen atoms in total. The molecule has 2 aliphatic heterocycles. The summed E-state index contributed by atoms with van der Waals surface area (Å²) in [6.07, 6.45) is 4.85. The van der Waals surface area contributed by atoms with Gasteiger partial charge < -0.3 is 9.47 Å². The van der Waals surface area contributed by atoms with Crippen molar-refractivity contribution in [3.63, 3.8) is 0 Å². The van der Waals surface area contributed by atoms with E-state index >= 15 is 0 Å². The summed E-state index contributed by atoms with van der Waals surface area (Å²) in [5.74, 6) is 2.35. The molecule has 2 aromatic rings. The summed E-state index contributed by atoms with van der Waals surface area (Å²) in [5, 5.41) is 0. The van der Waals surface area contributed by atoms with E-state index in [1.54, 1.807) is 0 Å². The Morgan fingerprint density at radius 3 is 2.00 bits per heavy atom. The topological polar surface area (TPSA) is 52.6 Å². The molecule has 0 spiro atoms. The van der Waals surface area contributed by atoms with Gasteiger partial charge in [0.25, 0.3) is 0 Å². The van der Waals surface area contributed by atoms with Gasteiger partial charge in [-0.05, 0) is 61.9 Å². The number of fused-ring (bicyclic) bond motifs is 6. The van der Waals surface area contributed by atoms with Crippen molar-refractivity contribution < 1.29 is 33.4 Å². The fraction of sp³-hybridized carbons (Fsp3) is 0.364. The van der Waals surface area contributed by atoms with Crippen molar-refractivity contribution in [2.24, 2.45) is 0 Å². The van der Waals surface area contributed by atoms with Crippen molar-refractivity contribution in [3.05, 3.63) is 54.5 Å². The quantitative estimate of drug-likeness (QED) is 0.247. The summed E-state index contributed by atoms with van der Waals surface area (Å²) in [7, 11) is 0.628. The first-order valence-electron chi connectivity index (χ1n) is 10.4. The number of benzene rings is 2. The molecular weight excluding hydrogens is 1220 g/mol. The summed E-state index contributed by atoms with van der Waals surface area (Å²) in [4.78, 5) is 23.1. The number of Topliss-reactive ketones (excluding diaryl/α,β-unsaturated/α-hetero) is 2. The van der Waals surface area contributed by atoms with Gasteiger partial charge in [-0.25, -0.2) is 0 Å². The summed E-state index contributed by atoms with van der Waals surface area (Å²) >= 11 is 19.2. The average Bonchev–Trinajstić information content (AvgIpc) is 3.58. The third-order valence-corrected chi connectivity index (χ3v) is 8.04. The molecule has 0 saturated carbocycles. The molecule has 0 amide bonds. The Balaban J connectivity index is 0.000000156. The van der Waals surface area contributed by atoms with Crippen LogP contribution < -0.4 is 9.47 Å². The SMILES string of the molecule is O=C1CCc2c(Br)c(Br)c3c(c21)CCO3.O=C1CCc2ccc3c(c21)CCO3.[I][V]([I])[I].[I][V][I]. The second kappa shape index (κ2) is 16.0. The van der Waals surface area contributed by atoms with E-state index in [0.29, 0.717) is 34.7 Å². The van der Waals surface area contributed by atoms with Crippen LogP contribution in [0, 0.1) is 0 Å². The number of ketones is 2. The van der Waals surface area contributed by atoms with E-state index in [-0.39, 0.29) is 10.7 Å². The van der Waals surface area contributed by atoms with Crippen LogP contribution in [-0.4, -0.2) is 24.8 Å². The van der Waals surface area contributed by atoms with Crippen LogP contribution in [0.4, 0.5) is 0 Å². The van der Waals surface area contributed by atoms with Gasteiger partial charge in [0.2, 0.25) is 0 Å². The molecule has 0 radical (unpaired) electrons. The molecule has 35 heavy (non-hydrogen) atoms. The standard InChI is InChI=1S/C11H8Br2O2.C11H10O2.5HI.2V/c12-9-5-1-2-7(14)8(5)6-3-4-15-11(6)10(9)13;12-9-3-1-7-2-4-10-8(11(7)9)5-6-13-10;;;;;;;/h1-4H2;2,4H,1,3,5-6H2;5*1H;;/q;;;;;;;+2;+3/p-5. The Bertz CT molecular complexity index is 1130. The number of aryl methyl sites for hydroxylation is 1. The summed E-state index contributed by atoms with van der Waals surface area (Å²) in [6, 6.07) is 4.03. The van der Waals surface area contributed by atoms with Crippen LogP contribution in [0.5, 0.6) is 11.5 Å².